The van der Waals surface area contributed by atoms with Gasteiger partial charge in [-0.15, -0.1) is 0 Å². The predicted molar refractivity (Wildman–Crippen MR) is 83.4 cm³/mol. The van der Waals surface area contributed by atoms with Crippen LogP contribution in [0, 0.1) is 0 Å². The summed E-state index contributed by atoms with van der Waals surface area (Å²) >= 11 is 0. The van der Waals surface area contributed by atoms with Crippen molar-refractivity contribution in [3.05, 3.63) is 0 Å². The van der Waals surface area contributed by atoms with Crippen LogP contribution in [0.4, 0.5) is 4.79 Å². The number of nitrogens with zero attached hydrogens (tertiary/aromatic N) is 1. The largest absolute Gasteiger partial charge is 0.480 e. The molecule has 0 bridgehead atoms. The Morgan fingerprint density at radius 2 is 1.71 bits per heavy atom. The Kier molecular flexibility index (Phi) is 8.87. The van der Waals surface area contributed by atoms with Gasteiger partial charge in [0.15, 0.2) is 0 Å². The summed E-state index contributed by atoms with van der Waals surface area (Å²) in [4.78, 5) is 24.6. The first-order chi connectivity index (χ1) is 10.1. The number of carboxylic acid groups (broad SMARTS) is 1. The number of hydrogen-bond donors (Lipinski definition) is 2. The molecule has 0 aromatic heterocycles. The van der Waals surface area contributed by atoms with Gasteiger partial charge in [-0.25, -0.2) is 4.79 Å². The first-order valence-electron chi connectivity index (χ1n) is 8.41. The van der Waals surface area contributed by atoms with Crippen LogP contribution in [0.5, 0.6) is 0 Å². The highest BCUT2D eigenvalue weighted by Gasteiger charge is 2.27. The van der Waals surface area contributed by atoms with Gasteiger partial charge < -0.3 is 15.3 Å². The van der Waals surface area contributed by atoms with Crippen LogP contribution in [0.1, 0.15) is 71.1 Å². The Hall–Kier alpha value is -1.26. The van der Waals surface area contributed by atoms with Crippen molar-refractivity contribution in [3.63, 3.8) is 0 Å². The molecule has 0 heterocycles. The molecule has 122 valence electrons. The van der Waals surface area contributed by atoms with Crippen molar-refractivity contribution < 1.29 is 14.7 Å². The molecule has 5 nitrogen and oxygen atoms in total. The summed E-state index contributed by atoms with van der Waals surface area (Å²) in [6, 6.07) is -0.108. The molecule has 0 aliphatic heterocycles. The summed E-state index contributed by atoms with van der Waals surface area (Å²) in [6.07, 6.45) is 11.1. The van der Waals surface area contributed by atoms with Gasteiger partial charge in [0.25, 0.3) is 0 Å². The molecule has 1 aliphatic rings. The standard InChI is InChI=1S/C16H30N2O3/c1-2-3-4-5-6-9-12-17-16(21)18(13-15(19)20)14-10-7-8-11-14/h14H,2-13H2,1H3,(H,17,21)(H,19,20). The maximum Gasteiger partial charge on any atom is 0.323 e. The van der Waals surface area contributed by atoms with Gasteiger partial charge in [-0.1, -0.05) is 51.9 Å². The molecule has 0 aromatic rings. The van der Waals surface area contributed by atoms with Gasteiger partial charge in [0.1, 0.15) is 6.54 Å². The molecule has 5 heteroatoms. The predicted octanol–water partition coefficient (Wildman–Crippen LogP) is 3.39. The number of rotatable bonds is 10. The first-order valence-corrected chi connectivity index (χ1v) is 8.41. The van der Waals surface area contributed by atoms with Gasteiger partial charge in [0.2, 0.25) is 0 Å². The molecule has 1 fully saturated rings. The molecule has 0 unspecified atom stereocenters. The van der Waals surface area contributed by atoms with Crippen LogP contribution in [0.15, 0.2) is 0 Å². The van der Waals surface area contributed by atoms with Crippen LogP contribution in [-0.2, 0) is 4.79 Å². The van der Waals surface area contributed by atoms with Gasteiger partial charge in [-0.05, 0) is 19.3 Å². The van der Waals surface area contributed by atoms with Crippen LogP contribution in [0.3, 0.4) is 0 Å². The van der Waals surface area contributed by atoms with Crippen molar-refractivity contribution in [2.45, 2.75) is 77.2 Å². The fourth-order valence-electron chi connectivity index (χ4n) is 2.93. The van der Waals surface area contributed by atoms with E-state index in [0.29, 0.717) is 6.54 Å². The second-order valence-electron chi connectivity index (χ2n) is 5.96. The number of hydrogen-bond acceptors (Lipinski definition) is 2. The van der Waals surface area contributed by atoms with E-state index < -0.39 is 5.97 Å². The maximum atomic E-state index is 12.2. The van der Waals surface area contributed by atoms with Crippen molar-refractivity contribution in [1.82, 2.24) is 10.2 Å². The summed E-state index contributed by atoms with van der Waals surface area (Å²) < 4.78 is 0. The Morgan fingerprint density at radius 3 is 2.33 bits per heavy atom. The highest BCUT2D eigenvalue weighted by molar-refractivity contribution is 5.80. The number of carbonyl (C=O) groups is 2. The summed E-state index contributed by atoms with van der Waals surface area (Å²) in [5.74, 6) is -0.934. The average molecular weight is 298 g/mol. The van der Waals surface area contributed by atoms with Gasteiger partial charge in [-0.3, -0.25) is 4.79 Å². The normalized spacial score (nSPS) is 15.1. The zero-order chi connectivity index (χ0) is 15.5. The highest BCUT2D eigenvalue weighted by atomic mass is 16.4. The summed E-state index contributed by atoms with van der Waals surface area (Å²) in [5.41, 5.74) is 0. The van der Waals surface area contributed by atoms with Gasteiger partial charge in [-0.2, -0.15) is 0 Å². The van der Waals surface area contributed by atoms with Crippen molar-refractivity contribution in [1.29, 1.82) is 0 Å². The Labute approximate surface area is 128 Å². The number of amides is 2. The summed E-state index contributed by atoms with van der Waals surface area (Å²) in [7, 11) is 0. The van der Waals surface area contributed by atoms with Crippen LogP contribution in [0.2, 0.25) is 0 Å². The molecule has 0 aromatic carbocycles. The zero-order valence-electron chi connectivity index (χ0n) is 13.3. The van der Waals surface area contributed by atoms with Crippen molar-refractivity contribution in [2.75, 3.05) is 13.1 Å². The summed E-state index contributed by atoms with van der Waals surface area (Å²) in [6.45, 7) is 2.65. The molecule has 21 heavy (non-hydrogen) atoms. The van der Waals surface area contributed by atoms with E-state index in [2.05, 4.69) is 12.2 Å². The molecule has 1 saturated carbocycles. The minimum absolute atomic E-state index is 0.102. The van der Waals surface area contributed by atoms with E-state index in [4.69, 9.17) is 5.11 Å². The topological polar surface area (TPSA) is 69.6 Å². The Balaban J connectivity index is 2.23. The van der Waals surface area contributed by atoms with Crippen molar-refractivity contribution in [2.24, 2.45) is 0 Å². The lowest BCUT2D eigenvalue weighted by molar-refractivity contribution is -0.138. The molecule has 0 spiro atoms. The number of urea groups is 1. The molecular weight excluding hydrogens is 268 g/mol. The third-order valence-electron chi connectivity index (χ3n) is 4.14. The van der Waals surface area contributed by atoms with Crippen LogP contribution < -0.4 is 5.32 Å². The third-order valence-corrected chi connectivity index (χ3v) is 4.14. The lowest BCUT2D eigenvalue weighted by Crippen LogP contribution is -2.47. The minimum Gasteiger partial charge on any atom is -0.480 e. The number of carboxylic acids is 1. The van der Waals surface area contributed by atoms with Gasteiger partial charge in [0, 0.05) is 12.6 Å². The molecule has 1 aliphatic carbocycles. The molecule has 0 atom stereocenters. The monoisotopic (exact) mass is 298 g/mol. The molecule has 0 radical (unpaired) electrons. The number of carbonyl (C=O) groups excluding carboxylic acids is 1. The molecular formula is C16H30N2O3. The SMILES string of the molecule is CCCCCCCCNC(=O)N(CC(=O)O)C1CCCC1. The fourth-order valence-corrected chi connectivity index (χ4v) is 2.93. The summed E-state index contributed by atoms with van der Waals surface area (Å²) in [5, 5.41) is 11.8. The molecule has 2 N–H and O–H groups in total. The zero-order valence-corrected chi connectivity index (χ0v) is 13.3. The van der Waals surface area contributed by atoms with Gasteiger partial charge in [0.05, 0.1) is 0 Å². The van der Waals surface area contributed by atoms with Crippen molar-refractivity contribution in [3.8, 4) is 0 Å². The molecule has 1 rings (SSSR count). The van der Waals surface area contributed by atoms with E-state index in [1.807, 2.05) is 0 Å². The highest BCUT2D eigenvalue weighted by Crippen LogP contribution is 2.23. The van der Waals surface area contributed by atoms with E-state index in [1.54, 1.807) is 0 Å². The first kappa shape index (κ1) is 17.8. The fraction of sp³-hybridized carbons (Fsp3) is 0.875. The van der Waals surface area contributed by atoms with Gasteiger partial charge >= 0.3 is 12.0 Å². The van der Waals surface area contributed by atoms with E-state index in [-0.39, 0.29) is 18.6 Å². The quantitative estimate of drug-likeness (QED) is 0.607. The minimum atomic E-state index is -0.934. The average Bonchev–Trinajstić information content (AvgIpc) is 2.97. The van der Waals surface area contributed by atoms with E-state index in [9.17, 15) is 9.59 Å². The van der Waals surface area contributed by atoms with Crippen LogP contribution in [0.25, 0.3) is 0 Å². The number of nitrogens with one attached hydrogen (secondary N) is 1. The maximum absolute atomic E-state index is 12.2. The van der Waals surface area contributed by atoms with Crippen LogP contribution in [-0.4, -0.2) is 41.1 Å². The van der Waals surface area contributed by atoms with E-state index in [0.717, 1.165) is 38.5 Å². The molecule has 0 saturated heterocycles. The second-order valence-corrected chi connectivity index (χ2v) is 5.96. The van der Waals surface area contributed by atoms with Crippen LogP contribution >= 0.6 is 0 Å². The molecule has 2 amide bonds. The van der Waals surface area contributed by atoms with E-state index >= 15 is 0 Å². The Bertz CT molecular complexity index is 315. The number of unbranched alkanes of at least 4 members (excludes halogenated alkanes) is 5. The number of aliphatic carboxylic acids is 1. The lowest BCUT2D eigenvalue weighted by atomic mass is 10.1. The smallest absolute Gasteiger partial charge is 0.323 e. The van der Waals surface area contributed by atoms with Crippen molar-refractivity contribution >= 4 is 12.0 Å². The third kappa shape index (κ3) is 7.34. The van der Waals surface area contributed by atoms with E-state index in [1.165, 1.54) is 30.6 Å². The lowest BCUT2D eigenvalue weighted by Gasteiger charge is -2.27. The second kappa shape index (κ2) is 10.5. The Morgan fingerprint density at radius 1 is 1.10 bits per heavy atom.